The molecule has 4 unspecified atom stereocenters. The van der Waals surface area contributed by atoms with Crippen molar-refractivity contribution in [2.75, 3.05) is 39.9 Å². The molecule has 72 heavy (non-hydrogen) atoms. The lowest BCUT2D eigenvalue weighted by molar-refractivity contribution is -0.614. The summed E-state index contributed by atoms with van der Waals surface area (Å²) in [6.45, 7) is 8.94. The second kappa shape index (κ2) is 22.8. The molecule has 5 heterocycles. The van der Waals surface area contributed by atoms with Crippen molar-refractivity contribution in [2.45, 2.75) is 102 Å². The summed E-state index contributed by atoms with van der Waals surface area (Å²) >= 11 is 12.8. The highest BCUT2D eigenvalue weighted by Gasteiger charge is 2.50. The number of piperidine rings is 1. The van der Waals surface area contributed by atoms with Gasteiger partial charge in [-0.1, -0.05) is 47.5 Å². The SMILES string of the molecule is COC(=O)CC(Cc1cccc[n+]1[O-])C(=O)N1CCCC(Cc2ccc(Cl)cc2)(NC(=O)C2COC(C)(C)N2C(=O)C(C)NCc2ccc(Cl)cc2Oc2ccc(-c3cnc(CN4CCCC4)n3C)cc2)C1. The van der Waals surface area contributed by atoms with Crippen LogP contribution in [0.3, 0.4) is 0 Å². The van der Waals surface area contributed by atoms with E-state index in [0.29, 0.717) is 57.8 Å². The minimum Gasteiger partial charge on any atom is -0.619 e. The van der Waals surface area contributed by atoms with Crippen molar-refractivity contribution in [1.29, 1.82) is 0 Å². The van der Waals surface area contributed by atoms with Gasteiger partial charge in [0.15, 0.2) is 11.9 Å². The van der Waals surface area contributed by atoms with Crippen LogP contribution in [0, 0.1) is 11.1 Å². The summed E-state index contributed by atoms with van der Waals surface area (Å²) in [5.74, 6) is -0.435. The highest BCUT2D eigenvalue weighted by Crippen LogP contribution is 2.34. The molecule has 3 saturated heterocycles. The molecule has 16 nitrogen and oxygen atoms in total. The zero-order chi connectivity index (χ0) is 51.2. The number of amides is 3. The number of imidazole rings is 1. The van der Waals surface area contributed by atoms with Crippen LogP contribution in [0.5, 0.6) is 11.5 Å². The smallest absolute Gasteiger partial charge is 0.306 e. The maximum Gasteiger partial charge on any atom is 0.306 e. The Morgan fingerprint density at radius 3 is 2.40 bits per heavy atom. The van der Waals surface area contributed by atoms with E-state index in [9.17, 15) is 24.4 Å². The number of methoxy groups -OCH3 is 1. The first-order chi connectivity index (χ1) is 34.5. The zero-order valence-corrected chi connectivity index (χ0v) is 43.1. The van der Waals surface area contributed by atoms with E-state index in [2.05, 4.69) is 20.1 Å². The number of hydrogen-bond donors (Lipinski definition) is 2. The molecule has 8 rings (SSSR count). The second-order valence-corrected chi connectivity index (χ2v) is 20.6. The molecular formula is C54H64Cl2N8O8. The van der Waals surface area contributed by atoms with Crippen LogP contribution in [0.15, 0.2) is 97.3 Å². The highest BCUT2D eigenvalue weighted by atomic mass is 35.5. The Kier molecular flexibility index (Phi) is 16.6. The second-order valence-electron chi connectivity index (χ2n) is 19.7. The molecule has 0 saturated carbocycles. The molecule has 3 aliphatic rings. The van der Waals surface area contributed by atoms with E-state index in [0.717, 1.165) is 47.8 Å². The van der Waals surface area contributed by atoms with Crippen LogP contribution in [0.2, 0.25) is 10.0 Å². The summed E-state index contributed by atoms with van der Waals surface area (Å²) in [7, 11) is 3.30. The number of hydrogen-bond acceptors (Lipinski definition) is 11. The van der Waals surface area contributed by atoms with Gasteiger partial charge in [0, 0.05) is 66.4 Å². The molecule has 2 N–H and O–H groups in total. The van der Waals surface area contributed by atoms with Crippen molar-refractivity contribution in [1.82, 2.24) is 34.9 Å². The standard InChI is InChI=1S/C54H64Cl2N8O8/c1-36(57-31-39-14-19-42(56)29-47(39)72-44-20-15-38(16-21-44)45-32-58-48(60(45)4)33-61-23-8-9-24-61)51(67)64-46(34-71-53(64,2)3)50(66)59-54(30-37-12-17-41(55)18-13-37)22-10-25-62(35-54)52(68)40(28-49(65)70-5)27-43-11-6-7-26-63(43)69/h6-7,11-21,26,29,32,36,40,46,57H,8-10,22-25,27-28,30-31,33-35H2,1-5H3,(H,59,66). The van der Waals surface area contributed by atoms with Crippen molar-refractivity contribution < 1.29 is 38.1 Å². The van der Waals surface area contributed by atoms with Gasteiger partial charge in [0.1, 0.15) is 29.1 Å². The highest BCUT2D eigenvalue weighted by molar-refractivity contribution is 6.31. The van der Waals surface area contributed by atoms with Crippen molar-refractivity contribution >= 4 is 46.9 Å². The number of aromatic nitrogens is 3. The fraction of sp³-hybridized carbons (Fsp3) is 0.444. The van der Waals surface area contributed by atoms with Gasteiger partial charge in [0.05, 0.1) is 56.1 Å². The summed E-state index contributed by atoms with van der Waals surface area (Å²) in [6, 6.07) is 23.6. The van der Waals surface area contributed by atoms with E-state index in [1.165, 1.54) is 31.0 Å². The predicted molar refractivity (Wildman–Crippen MR) is 273 cm³/mol. The third kappa shape index (κ3) is 12.4. The molecule has 0 aliphatic carbocycles. The predicted octanol–water partition coefficient (Wildman–Crippen LogP) is 7.00. The van der Waals surface area contributed by atoms with Crippen LogP contribution in [0.4, 0.5) is 0 Å². The number of nitrogens with zero attached hydrogens (tertiary/aromatic N) is 6. The van der Waals surface area contributed by atoms with Gasteiger partial charge >= 0.3 is 5.97 Å². The first-order valence-electron chi connectivity index (χ1n) is 24.6. The first kappa shape index (κ1) is 52.3. The van der Waals surface area contributed by atoms with Crippen LogP contribution in [0.25, 0.3) is 11.3 Å². The van der Waals surface area contributed by atoms with Gasteiger partial charge in [-0.2, -0.15) is 4.73 Å². The average Bonchev–Trinajstić information content (AvgIpc) is 4.10. The third-order valence-corrected chi connectivity index (χ3v) is 14.6. The molecule has 3 fully saturated rings. The third-order valence-electron chi connectivity index (χ3n) is 14.1. The Bertz CT molecular complexity index is 2730. The Hall–Kier alpha value is -6.04. The molecule has 18 heteroatoms. The van der Waals surface area contributed by atoms with Crippen molar-refractivity contribution in [2.24, 2.45) is 13.0 Å². The number of carbonyl (C=O) groups is 4. The van der Waals surface area contributed by atoms with Gasteiger partial charge < -0.3 is 39.5 Å². The Morgan fingerprint density at radius 1 is 0.944 bits per heavy atom. The molecule has 3 aromatic carbocycles. The van der Waals surface area contributed by atoms with E-state index in [1.54, 1.807) is 68.1 Å². The maximum atomic E-state index is 14.8. The summed E-state index contributed by atoms with van der Waals surface area (Å²) in [5.41, 5.74) is 1.86. The Balaban J connectivity index is 0.958. The Labute approximate surface area is 431 Å². The minimum absolute atomic E-state index is 0.0104. The van der Waals surface area contributed by atoms with E-state index >= 15 is 0 Å². The number of ether oxygens (including phenoxy) is 3. The molecule has 3 aliphatic heterocycles. The Morgan fingerprint density at radius 2 is 1.68 bits per heavy atom. The number of esters is 1. The zero-order valence-electron chi connectivity index (χ0n) is 41.6. The van der Waals surface area contributed by atoms with Crippen molar-refractivity contribution in [3.8, 4) is 22.8 Å². The fourth-order valence-corrected chi connectivity index (χ4v) is 10.5. The van der Waals surface area contributed by atoms with Gasteiger partial charge in [0.25, 0.3) is 0 Å². The topological polar surface area (TPSA) is 175 Å². The molecule has 0 bridgehead atoms. The van der Waals surface area contributed by atoms with Gasteiger partial charge in [-0.05, 0) is 120 Å². The lowest BCUT2D eigenvalue weighted by atomic mass is 9.82. The lowest BCUT2D eigenvalue weighted by Crippen LogP contribution is -2.65. The minimum atomic E-state index is -1.14. The largest absolute Gasteiger partial charge is 0.619 e. The molecule has 3 amide bonds. The monoisotopic (exact) mass is 1020 g/mol. The lowest BCUT2D eigenvalue weighted by Gasteiger charge is -2.45. The summed E-state index contributed by atoms with van der Waals surface area (Å²) in [4.78, 5) is 66.8. The number of carbonyl (C=O) groups excluding carboxylic acids is 4. The number of pyridine rings is 1. The normalized spacial score (nSPS) is 19.7. The molecule has 5 aromatic rings. The van der Waals surface area contributed by atoms with Crippen molar-refractivity contribution in [3.63, 3.8) is 0 Å². The van der Waals surface area contributed by atoms with E-state index in [4.69, 9.17) is 42.4 Å². The van der Waals surface area contributed by atoms with Gasteiger partial charge in [-0.15, -0.1) is 0 Å². The molecular weight excluding hydrogens is 960 g/mol. The van der Waals surface area contributed by atoms with Crippen molar-refractivity contribution in [3.05, 3.63) is 135 Å². The molecule has 2 aromatic heterocycles. The van der Waals surface area contributed by atoms with Gasteiger partial charge in [-0.3, -0.25) is 29.0 Å². The van der Waals surface area contributed by atoms with Crippen LogP contribution < -0.4 is 20.1 Å². The molecule has 382 valence electrons. The molecule has 0 radical (unpaired) electrons. The van der Waals surface area contributed by atoms with Crippen LogP contribution in [-0.4, -0.2) is 111 Å². The first-order valence-corrected chi connectivity index (χ1v) is 25.4. The number of benzene rings is 3. The molecule has 4 atom stereocenters. The van der Waals surface area contributed by atoms with E-state index in [1.807, 2.05) is 55.7 Å². The van der Waals surface area contributed by atoms with Gasteiger partial charge in [-0.25, -0.2) is 4.98 Å². The van der Waals surface area contributed by atoms with Gasteiger partial charge in [0.2, 0.25) is 17.7 Å². The number of rotatable bonds is 18. The van der Waals surface area contributed by atoms with E-state index < -0.39 is 41.1 Å². The van der Waals surface area contributed by atoms with E-state index in [-0.39, 0.29) is 44.4 Å². The fourth-order valence-electron chi connectivity index (χ4n) is 10.2. The number of halogens is 2. The maximum absolute atomic E-state index is 14.8. The average molecular weight is 1020 g/mol. The number of nitrogens with one attached hydrogen (secondary N) is 2. The summed E-state index contributed by atoms with van der Waals surface area (Å²) in [6.07, 6.45) is 6.86. The van der Waals surface area contributed by atoms with Crippen LogP contribution in [0.1, 0.15) is 75.5 Å². The van der Waals surface area contributed by atoms with Crippen LogP contribution in [-0.2, 0) is 61.6 Å². The summed E-state index contributed by atoms with van der Waals surface area (Å²) < 4.78 is 20.4. The number of likely N-dealkylation sites (tertiary alicyclic amines) is 2. The summed E-state index contributed by atoms with van der Waals surface area (Å²) in [5, 5.41) is 20.4. The quantitative estimate of drug-likeness (QED) is 0.0526. The molecule has 0 spiro atoms. The van der Waals surface area contributed by atoms with Crippen LogP contribution >= 0.6 is 23.2 Å².